The van der Waals surface area contributed by atoms with E-state index in [0.717, 1.165) is 10.9 Å². The second kappa shape index (κ2) is 20.6. The van der Waals surface area contributed by atoms with Crippen LogP contribution in [0.2, 0.25) is 0 Å². The van der Waals surface area contributed by atoms with Crippen molar-refractivity contribution in [3.63, 3.8) is 0 Å². The Bertz CT molecular complexity index is 1840. The van der Waals surface area contributed by atoms with Gasteiger partial charge in [-0.15, -0.1) is 6.58 Å². The summed E-state index contributed by atoms with van der Waals surface area (Å²) in [4.78, 5) is 104. The lowest BCUT2D eigenvalue weighted by molar-refractivity contribution is -0.140. The average molecular weight is 747 g/mol. The molecular formula is C37H46N8O9. The molecule has 1 heterocycles. The number of benzene rings is 2. The molecule has 0 bridgehead atoms. The molecule has 11 N–H and O–H groups in total. The molecule has 54 heavy (non-hydrogen) atoms. The molecule has 0 saturated heterocycles. The van der Waals surface area contributed by atoms with Crippen LogP contribution < -0.4 is 38.1 Å². The summed E-state index contributed by atoms with van der Waals surface area (Å²) in [6.07, 6.45) is 0.923. The lowest BCUT2D eigenvalue weighted by Crippen LogP contribution is -2.59. The van der Waals surface area contributed by atoms with E-state index in [2.05, 4.69) is 38.1 Å². The van der Waals surface area contributed by atoms with Gasteiger partial charge in [-0.3, -0.25) is 33.6 Å². The van der Waals surface area contributed by atoms with Crippen LogP contribution in [0.4, 0.5) is 0 Å². The summed E-state index contributed by atoms with van der Waals surface area (Å²) in [5.41, 5.74) is 13.7. The minimum absolute atomic E-state index is 0.0147. The first-order valence-corrected chi connectivity index (χ1v) is 17.1. The van der Waals surface area contributed by atoms with E-state index in [-0.39, 0.29) is 32.1 Å². The van der Waals surface area contributed by atoms with Gasteiger partial charge >= 0.3 is 5.97 Å². The number of aldehydes is 1. The van der Waals surface area contributed by atoms with Gasteiger partial charge in [-0.1, -0.05) is 54.1 Å². The molecule has 0 unspecified atom stereocenters. The maximum absolute atomic E-state index is 14.1. The van der Waals surface area contributed by atoms with Crippen LogP contribution in [0.3, 0.4) is 0 Å². The summed E-state index contributed by atoms with van der Waals surface area (Å²) >= 11 is 0. The summed E-state index contributed by atoms with van der Waals surface area (Å²) in [5, 5.41) is 22.4. The van der Waals surface area contributed by atoms with E-state index < -0.39 is 84.6 Å². The predicted octanol–water partition coefficient (Wildman–Crippen LogP) is -0.759. The quantitative estimate of drug-likeness (QED) is 0.0458. The lowest BCUT2D eigenvalue weighted by Gasteiger charge is -2.26. The van der Waals surface area contributed by atoms with Crippen molar-refractivity contribution >= 4 is 58.6 Å². The number of fused-ring (bicyclic) bond motifs is 1. The molecule has 0 saturated carbocycles. The third kappa shape index (κ3) is 13.6. The first-order chi connectivity index (χ1) is 25.7. The molecule has 2 aromatic carbocycles. The Morgan fingerprint density at radius 1 is 0.815 bits per heavy atom. The monoisotopic (exact) mass is 746 g/mol. The number of nitrogens with two attached hydrogens (primary N) is 2. The molecule has 3 rings (SSSR count). The zero-order chi connectivity index (χ0) is 39.8. The van der Waals surface area contributed by atoms with Gasteiger partial charge in [0.2, 0.25) is 35.4 Å². The Morgan fingerprint density at radius 2 is 1.43 bits per heavy atom. The van der Waals surface area contributed by atoms with Gasteiger partial charge in [0, 0.05) is 36.4 Å². The summed E-state index contributed by atoms with van der Waals surface area (Å²) < 4.78 is 0. The summed E-state index contributed by atoms with van der Waals surface area (Å²) in [6, 6.07) is 9.48. The minimum atomic E-state index is -1.52. The number of hydrogen-bond donors (Lipinski definition) is 9. The largest absolute Gasteiger partial charge is 0.481 e. The van der Waals surface area contributed by atoms with Crippen LogP contribution in [0.15, 0.2) is 72.9 Å². The summed E-state index contributed by atoms with van der Waals surface area (Å²) in [6.45, 7) is 4.92. The average Bonchev–Trinajstić information content (AvgIpc) is 3.53. The first-order valence-electron chi connectivity index (χ1n) is 17.1. The van der Waals surface area contributed by atoms with E-state index in [0.29, 0.717) is 23.0 Å². The van der Waals surface area contributed by atoms with Crippen LogP contribution >= 0.6 is 0 Å². The van der Waals surface area contributed by atoms with Crippen molar-refractivity contribution in [1.29, 1.82) is 0 Å². The number of hydrogen-bond acceptors (Lipinski definition) is 9. The number of aromatic amines is 1. The van der Waals surface area contributed by atoms with Gasteiger partial charge in [0.25, 0.3) is 0 Å². The zero-order valence-electron chi connectivity index (χ0n) is 29.8. The number of amides is 6. The van der Waals surface area contributed by atoms with Crippen LogP contribution in [0.25, 0.3) is 10.9 Å². The van der Waals surface area contributed by atoms with Crippen LogP contribution in [0, 0.1) is 0 Å². The molecule has 0 spiro atoms. The number of rotatable bonds is 22. The van der Waals surface area contributed by atoms with E-state index in [9.17, 15) is 38.4 Å². The highest BCUT2D eigenvalue weighted by Crippen LogP contribution is 2.19. The Morgan fingerprint density at radius 3 is 2.06 bits per heavy atom. The van der Waals surface area contributed by atoms with Crippen LogP contribution in [-0.4, -0.2) is 94.5 Å². The second-order valence-electron chi connectivity index (χ2n) is 12.8. The second-order valence-corrected chi connectivity index (χ2v) is 12.8. The van der Waals surface area contributed by atoms with Crippen LogP contribution in [0.5, 0.6) is 0 Å². The van der Waals surface area contributed by atoms with E-state index >= 15 is 0 Å². The Labute approximate surface area is 311 Å². The number of aromatic nitrogens is 1. The predicted molar refractivity (Wildman–Crippen MR) is 197 cm³/mol. The fraction of sp³-hybridized carbons (Fsp3) is 0.351. The maximum atomic E-state index is 14.1. The van der Waals surface area contributed by atoms with Crippen molar-refractivity contribution in [3.8, 4) is 0 Å². The Kier molecular flexibility index (Phi) is 16.1. The number of aliphatic carboxylic acids is 1. The van der Waals surface area contributed by atoms with Crippen molar-refractivity contribution in [2.24, 2.45) is 11.5 Å². The molecule has 0 fully saturated rings. The topological polar surface area (TPSA) is 285 Å². The van der Waals surface area contributed by atoms with Gasteiger partial charge < -0.3 is 52.9 Å². The van der Waals surface area contributed by atoms with Gasteiger partial charge in [-0.05, 0) is 37.0 Å². The highest BCUT2D eigenvalue weighted by molar-refractivity contribution is 5.97. The first kappa shape index (κ1) is 42.1. The number of H-pyrrole nitrogens is 1. The number of carboxylic acids is 1. The molecule has 3 aromatic rings. The number of carbonyl (C=O) groups is 8. The zero-order valence-corrected chi connectivity index (χ0v) is 29.8. The lowest BCUT2D eigenvalue weighted by atomic mass is 10.0. The maximum Gasteiger partial charge on any atom is 0.305 e. The van der Waals surface area contributed by atoms with Gasteiger partial charge in [0.1, 0.15) is 24.4 Å². The molecular weight excluding hydrogens is 700 g/mol. The summed E-state index contributed by atoms with van der Waals surface area (Å²) in [7, 11) is 0. The Balaban J connectivity index is 1.90. The molecule has 6 amide bonds. The standard InChI is InChI=1S/C37H46N8O9/c1-21(2)14-24(20-46)42-32(48)19-41-35(52)29(15-22-8-4-3-5-9-22)44-37(54)30(16-23-18-40-27-11-7-6-10-25(23)27)45-36(53)28(12-13-31(39)47)43-34(51)26(38)17-33(49)50/h3-11,18,20,24,26,28-30,40H,1,12-17,19,38H2,2H3,(H2,39,47)(H,41,52)(H,42,48)(H,43,51)(H,44,54)(H,45,53)(H,49,50)/t24-,26-,28-,29-,30-/m0/s1. The van der Waals surface area contributed by atoms with Crippen molar-refractivity contribution < 1.29 is 43.5 Å². The van der Waals surface area contributed by atoms with Crippen LogP contribution in [0.1, 0.15) is 43.7 Å². The van der Waals surface area contributed by atoms with Crippen molar-refractivity contribution in [2.75, 3.05) is 6.54 Å². The van der Waals surface area contributed by atoms with Gasteiger partial charge in [0.05, 0.1) is 25.0 Å². The highest BCUT2D eigenvalue weighted by Gasteiger charge is 2.32. The number of carbonyl (C=O) groups excluding carboxylic acids is 7. The fourth-order valence-corrected chi connectivity index (χ4v) is 5.51. The molecule has 0 aliphatic heterocycles. The fourth-order valence-electron chi connectivity index (χ4n) is 5.51. The highest BCUT2D eigenvalue weighted by atomic mass is 16.4. The number of carboxylic acid groups (broad SMARTS) is 1. The number of para-hydroxylation sites is 1. The molecule has 17 heteroatoms. The minimum Gasteiger partial charge on any atom is -0.481 e. The van der Waals surface area contributed by atoms with Gasteiger partial charge in [0.15, 0.2) is 0 Å². The number of primary amides is 1. The Hall–Kier alpha value is -6.36. The SMILES string of the molecule is C=C(C)C[C@@H](C=O)NC(=O)CNC(=O)[C@H](Cc1ccccc1)NC(=O)[C@H](Cc1c[nH]c2ccccc12)NC(=O)[C@H](CCC(N)=O)NC(=O)[C@@H](N)CC(=O)O. The van der Waals surface area contributed by atoms with E-state index in [1.807, 2.05) is 12.1 Å². The molecule has 288 valence electrons. The molecule has 0 aliphatic rings. The van der Waals surface area contributed by atoms with Gasteiger partial charge in [-0.25, -0.2) is 0 Å². The summed E-state index contributed by atoms with van der Waals surface area (Å²) in [5.74, 6) is -6.22. The number of nitrogens with one attached hydrogen (secondary N) is 6. The van der Waals surface area contributed by atoms with E-state index in [1.165, 1.54) is 0 Å². The normalized spacial score (nSPS) is 13.6. The molecule has 5 atom stereocenters. The van der Waals surface area contributed by atoms with Gasteiger partial charge in [-0.2, -0.15) is 0 Å². The van der Waals surface area contributed by atoms with Crippen molar-refractivity contribution in [1.82, 2.24) is 31.6 Å². The third-order valence-electron chi connectivity index (χ3n) is 8.19. The molecule has 0 aliphatic carbocycles. The molecule has 1 aromatic heterocycles. The van der Waals surface area contributed by atoms with E-state index in [4.69, 9.17) is 16.6 Å². The van der Waals surface area contributed by atoms with Crippen molar-refractivity contribution in [3.05, 3.63) is 84.1 Å². The van der Waals surface area contributed by atoms with Crippen molar-refractivity contribution in [2.45, 2.75) is 75.7 Å². The molecule has 17 nitrogen and oxygen atoms in total. The smallest absolute Gasteiger partial charge is 0.305 e. The van der Waals surface area contributed by atoms with E-state index in [1.54, 1.807) is 55.6 Å². The third-order valence-corrected chi connectivity index (χ3v) is 8.19. The molecule has 0 radical (unpaired) electrons. The van der Waals surface area contributed by atoms with Crippen LogP contribution in [-0.2, 0) is 51.2 Å².